The molecule has 1 aromatic heterocycles. The topological polar surface area (TPSA) is 63.1 Å². The number of para-hydroxylation sites is 1. The molecule has 5 nitrogen and oxygen atoms in total. The lowest BCUT2D eigenvalue weighted by atomic mass is 9.86. The van der Waals surface area contributed by atoms with Crippen molar-refractivity contribution < 1.29 is 8.42 Å². The van der Waals surface area contributed by atoms with Gasteiger partial charge in [-0.3, -0.25) is 0 Å². The summed E-state index contributed by atoms with van der Waals surface area (Å²) in [5.41, 5.74) is 3.72. The van der Waals surface area contributed by atoms with Crippen LogP contribution in [0.4, 0.5) is 5.69 Å². The number of hydrogen-bond acceptors (Lipinski definition) is 3. The molecule has 4 rings (SSSR count). The van der Waals surface area contributed by atoms with Gasteiger partial charge in [0.1, 0.15) is 0 Å². The van der Waals surface area contributed by atoms with Crippen LogP contribution in [0.1, 0.15) is 53.4 Å². The predicted octanol–water partition coefficient (Wildman–Crippen LogP) is 5.50. The largest absolute Gasteiger partial charge is 0.385 e. The van der Waals surface area contributed by atoms with Crippen molar-refractivity contribution in [2.75, 3.05) is 11.9 Å². The first kappa shape index (κ1) is 22.2. The average molecular weight is 442 g/mol. The Labute approximate surface area is 186 Å². The van der Waals surface area contributed by atoms with E-state index in [1.54, 1.807) is 20.8 Å². The molecule has 1 heterocycles. The third-order valence-electron chi connectivity index (χ3n) is 6.66. The van der Waals surface area contributed by atoms with Gasteiger partial charge in [0.25, 0.3) is 0 Å². The van der Waals surface area contributed by atoms with Gasteiger partial charge in [0.05, 0.1) is 4.75 Å². The van der Waals surface area contributed by atoms with Crippen LogP contribution in [0.5, 0.6) is 0 Å². The maximum Gasteiger partial charge on any atom is 0.216 e. The zero-order valence-electron chi connectivity index (χ0n) is 19.1. The number of fused-ring (bicyclic) bond motifs is 3. The summed E-state index contributed by atoms with van der Waals surface area (Å²) in [7, 11) is -3.28. The minimum atomic E-state index is -3.28. The summed E-state index contributed by atoms with van der Waals surface area (Å²) in [4.78, 5) is 0. The number of aromatic nitrogens is 1. The molecule has 1 saturated carbocycles. The molecular weight excluding hydrogens is 406 g/mol. The Morgan fingerprint density at radius 1 is 0.968 bits per heavy atom. The molecule has 2 aromatic carbocycles. The van der Waals surface area contributed by atoms with E-state index in [1.807, 2.05) is 0 Å². The number of hydrogen-bond donors (Lipinski definition) is 2. The zero-order chi connectivity index (χ0) is 22.2. The summed E-state index contributed by atoms with van der Waals surface area (Å²) in [5, 5.41) is 6.23. The summed E-state index contributed by atoms with van der Waals surface area (Å²) in [6.07, 6.45) is 3.90. The van der Waals surface area contributed by atoms with Crippen molar-refractivity contribution in [3.63, 3.8) is 0 Å². The first-order valence-corrected chi connectivity index (χ1v) is 12.9. The fourth-order valence-corrected chi connectivity index (χ4v) is 5.68. The van der Waals surface area contributed by atoms with Crippen molar-refractivity contribution in [1.82, 2.24) is 9.29 Å². The van der Waals surface area contributed by atoms with E-state index in [9.17, 15) is 8.42 Å². The van der Waals surface area contributed by atoms with Crippen LogP contribution < -0.4 is 10.0 Å². The quantitative estimate of drug-likeness (QED) is 0.531. The maximum absolute atomic E-state index is 12.4. The molecule has 1 aliphatic carbocycles. The highest BCUT2D eigenvalue weighted by Crippen LogP contribution is 2.32. The molecule has 6 heteroatoms. The number of rotatable bonds is 6. The Hall–Kier alpha value is -2.05. The van der Waals surface area contributed by atoms with Crippen LogP contribution in [0.3, 0.4) is 0 Å². The van der Waals surface area contributed by atoms with Crippen molar-refractivity contribution in [2.24, 2.45) is 5.92 Å². The number of sulfonamides is 1. The normalized spacial score (nSPS) is 20.4. The summed E-state index contributed by atoms with van der Waals surface area (Å²) >= 11 is 0. The minimum absolute atomic E-state index is 0.0667. The average Bonchev–Trinajstić information content (AvgIpc) is 3.05. The molecule has 0 unspecified atom stereocenters. The fourth-order valence-electron chi connectivity index (χ4n) is 4.65. The monoisotopic (exact) mass is 441 g/mol. The Balaban J connectivity index is 1.39. The van der Waals surface area contributed by atoms with E-state index in [0.717, 1.165) is 44.5 Å². The maximum atomic E-state index is 12.4. The van der Waals surface area contributed by atoms with Crippen molar-refractivity contribution >= 4 is 37.5 Å². The SMILES string of the molecule is CCn1c2ccccc2c2cc(NCC3CCC(NS(=O)(=O)C(C)(C)C)CC3)ccc21. The highest BCUT2D eigenvalue weighted by Gasteiger charge is 2.32. The van der Waals surface area contributed by atoms with Gasteiger partial charge in [-0.2, -0.15) is 0 Å². The fraction of sp³-hybridized carbons (Fsp3) is 0.520. The van der Waals surface area contributed by atoms with Gasteiger partial charge in [0, 0.05) is 46.6 Å². The molecule has 1 fully saturated rings. The van der Waals surface area contributed by atoms with Crippen LogP contribution in [0.25, 0.3) is 21.8 Å². The molecule has 3 aromatic rings. The Morgan fingerprint density at radius 3 is 2.32 bits per heavy atom. The second kappa shape index (κ2) is 8.47. The minimum Gasteiger partial charge on any atom is -0.385 e. The first-order valence-electron chi connectivity index (χ1n) is 11.5. The van der Waals surface area contributed by atoms with Gasteiger partial charge >= 0.3 is 0 Å². The molecule has 31 heavy (non-hydrogen) atoms. The molecule has 0 bridgehead atoms. The Bertz CT molecular complexity index is 1170. The van der Waals surface area contributed by atoms with Gasteiger partial charge in [0.2, 0.25) is 10.0 Å². The summed E-state index contributed by atoms with van der Waals surface area (Å²) in [6.45, 7) is 9.32. The second-order valence-electron chi connectivity index (χ2n) is 9.83. The van der Waals surface area contributed by atoms with E-state index in [-0.39, 0.29) is 6.04 Å². The van der Waals surface area contributed by atoms with E-state index in [4.69, 9.17) is 0 Å². The molecule has 2 N–H and O–H groups in total. The van der Waals surface area contributed by atoms with Gasteiger partial charge in [-0.25, -0.2) is 13.1 Å². The van der Waals surface area contributed by atoms with Gasteiger partial charge in [-0.05, 0) is 83.6 Å². The Kier molecular flexibility index (Phi) is 6.05. The first-order chi connectivity index (χ1) is 14.7. The molecule has 168 valence electrons. The van der Waals surface area contributed by atoms with Crippen molar-refractivity contribution in [3.05, 3.63) is 42.5 Å². The van der Waals surface area contributed by atoms with Crippen LogP contribution in [0, 0.1) is 5.92 Å². The van der Waals surface area contributed by atoms with Gasteiger partial charge < -0.3 is 9.88 Å². The molecule has 0 saturated heterocycles. The standard InChI is InChI=1S/C25H35N3O2S/c1-5-28-23-9-7-6-8-21(23)22-16-20(14-15-24(22)28)26-17-18-10-12-19(13-11-18)27-31(29,30)25(2,3)4/h6-9,14-16,18-19,26-27H,5,10-13,17H2,1-4H3. The Morgan fingerprint density at radius 2 is 1.65 bits per heavy atom. The number of aryl methyl sites for hydroxylation is 1. The van der Waals surface area contributed by atoms with Crippen LogP contribution in [-0.4, -0.2) is 30.3 Å². The van der Waals surface area contributed by atoms with Crippen LogP contribution in [-0.2, 0) is 16.6 Å². The molecule has 0 amide bonds. The van der Waals surface area contributed by atoms with E-state index in [2.05, 4.69) is 64.0 Å². The van der Waals surface area contributed by atoms with Crippen LogP contribution >= 0.6 is 0 Å². The van der Waals surface area contributed by atoms with E-state index >= 15 is 0 Å². The lowest BCUT2D eigenvalue weighted by molar-refractivity contribution is 0.322. The lowest BCUT2D eigenvalue weighted by Gasteiger charge is -2.31. The molecule has 0 atom stereocenters. The number of benzene rings is 2. The van der Waals surface area contributed by atoms with Crippen molar-refractivity contribution in [3.8, 4) is 0 Å². The van der Waals surface area contributed by atoms with Crippen LogP contribution in [0.15, 0.2) is 42.5 Å². The lowest BCUT2D eigenvalue weighted by Crippen LogP contribution is -2.46. The van der Waals surface area contributed by atoms with Crippen LogP contribution in [0.2, 0.25) is 0 Å². The molecule has 0 aliphatic heterocycles. The summed E-state index contributed by atoms with van der Waals surface area (Å²) < 4.78 is 29.4. The summed E-state index contributed by atoms with van der Waals surface area (Å²) in [5.74, 6) is 0.572. The third-order valence-corrected chi connectivity index (χ3v) is 8.91. The highest BCUT2D eigenvalue weighted by molar-refractivity contribution is 7.90. The zero-order valence-corrected chi connectivity index (χ0v) is 19.9. The van der Waals surface area contributed by atoms with Gasteiger partial charge in [-0.1, -0.05) is 18.2 Å². The predicted molar refractivity (Wildman–Crippen MR) is 131 cm³/mol. The number of nitrogens with one attached hydrogen (secondary N) is 2. The molecule has 0 radical (unpaired) electrons. The third kappa shape index (κ3) is 4.46. The molecular formula is C25H35N3O2S. The smallest absolute Gasteiger partial charge is 0.216 e. The second-order valence-corrected chi connectivity index (χ2v) is 12.3. The van der Waals surface area contributed by atoms with Gasteiger partial charge in [-0.15, -0.1) is 0 Å². The van der Waals surface area contributed by atoms with E-state index in [1.165, 1.54) is 21.8 Å². The van der Waals surface area contributed by atoms with E-state index < -0.39 is 14.8 Å². The summed E-state index contributed by atoms with van der Waals surface area (Å²) in [6, 6.07) is 15.3. The van der Waals surface area contributed by atoms with Gasteiger partial charge in [0.15, 0.2) is 0 Å². The van der Waals surface area contributed by atoms with E-state index in [0.29, 0.717) is 5.92 Å². The molecule has 0 spiro atoms. The highest BCUT2D eigenvalue weighted by atomic mass is 32.2. The number of nitrogens with zero attached hydrogens (tertiary/aromatic N) is 1. The van der Waals surface area contributed by atoms with Crippen molar-refractivity contribution in [1.29, 1.82) is 0 Å². The van der Waals surface area contributed by atoms with Crippen molar-refractivity contribution in [2.45, 2.75) is 70.7 Å². The number of anilines is 1. The molecule has 1 aliphatic rings.